The van der Waals surface area contributed by atoms with Crippen molar-refractivity contribution in [3.8, 4) is 11.1 Å². The van der Waals surface area contributed by atoms with Crippen LogP contribution in [0.25, 0.3) is 11.1 Å². The maximum absolute atomic E-state index is 14.0. The lowest BCUT2D eigenvalue weighted by atomic mass is 10.0. The molecular weight excluding hydrogens is 256 g/mol. The van der Waals surface area contributed by atoms with Crippen LogP contribution in [0, 0.1) is 18.6 Å². The lowest BCUT2D eigenvalue weighted by Crippen LogP contribution is -2.21. The number of hydrogen-bond donors (Lipinski definition) is 1. The van der Waals surface area contributed by atoms with Crippen molar-refractivity contribution in [1.29, 1.82) is 0 Å². The average molecular weight is 275 g/mol. The highest BCUT2D eigenvalue weighted by atomic mass is 19.1. The molecule has 106 valence electrons. The molecule has 0 saturated carbocycles. The highest BCUT2D eigenvalue weighted by Gasteiger charge is 2.08. The number of hydrogen-bond acceptors (Lipinski definition) is 1. The van der Waals surface area contributed by atoms with E-state index < -0.39 is 0 Å². The fourth-order valence-corrected chi connectivity index (χ4v) is 2.12. The van der Waals surface area contributed by atoms with Crippen LogP contribution >= 0.6 is 0 Å². The van der Waals surface area contributed by atoms with Gasteiger partial charge in [-0.1, -0.05) is 26.0 Å². The molecule has 0 radical (unpaired) electrons. The zero-order valence-corrected chi connectivity index (χ0v) is 12.0. The highest BCUT2D eigenvalue weighted by Crippen LogP contribution is 2.26. The molecule has 0 saturated heterocycles. The van der Waals surface area contributed by atoms with E-state index in [-0.39, 0.29) is 11.6 Å². The first-order chi connectivity index (χ1) is 9.45. The van der Waals surface area contributed by atoms with E-state index in [1.165, 1.54) is 18.2 Å². The lowest BCUT2D eigenvalue weighted by molar-refractivity contribution is 0.586. The normalized spacial score (nSPS) is 11.1. The van der Waals surface area contributed by atoms with Gasteiger partial charge in [-0.15, -0.1) is 0 Å². The number of rotatable bonds is 4. The van der Waals surface area contributed by atoms with E-state index in [0.717, 1.165) is 11.1 Å². The van der Waals surface area contributed by atoms with Gasteiger partial charge >= 0.3 is 0 Å². The number of aryl methyl sites for hydroxylation is 1. The van der Waals surface area contributed by atoms with Crippen molar-refractivity contribution >= 4 is 0 Å². The minimum atomic E-state index is -0.342. The summed E-state index contributed by atoms with van der Waals surface area (Å²) in [5.41, 5.74) is 2.78. The second-order valence-corrected chi connectivity index (χ2v) is 5.37. The molecule has 0 aromatic heterocycles. The summed E-state index contributed by atoms with van der Waals surface area (Å²) in [6.07, 6.45) is 0. The fourth-order valence-electron chi connectivity index (χ4n) is 2.12. The van der Waals surface area contributed by atoms with Crippen LogP contribution in [0.5, 0.6) is 0 Å². The third kappa shape index (κ3) is 3.64. The Morgan fingerprint density at radius 2 is 1.80 bits per heavy atom. The lowest BCUT2D eigenvalue weighted by Gasteiger charge is -2.11. The van der Waals surface area contributed by atoms with Crippen LogP contribution in [0.1, 0.15) is 25.0 Å². The fraction of sp³-hybridized carbons (Fsp3) is 0.294. The molecule has 3 heteroatoms. The molecule has 0 aliphatic heterocycles. The highest BCUT2D eigenvalue weighted by molar-refractivity contribution is 5.65. The van der Waals surface area contributed by atoms with Gasteiger partial charge in [0.15, 0.2) is 0 Å². The van der Waals surface area contributed by atoms with Gasteiger partial charge in [-0.2, -0.15) is 0 Å². The minimum Gasteiger partial charge on any atom is -0.310 e. The Kier molecular flexibility index (Phi) is 4.50. The van der Waals surface area contributed by atoms with Crippen LogP contribution in [0.2, 0.25) is 0 Å². The van der Waals surface area contributed by atoms with Crippen molar-refractivity contribution < 1.29 is 8.78 Å². The van der Waals surface area contributed by atoms with Gasteiger partial charge in [0.25, 0.3) is 0 Å². The van der Waals surface area contributed by atoms with Gasteiger partial charge in [0.05, 0.1) is 0 Å². The van der Waals surface area contributed by atoms with Gasteiger partial charge in [-0.3, -0.25) is 0 Å². The molecule has 0 aliphatic carbocycles. The van der Waals surface area contributed by atoms with E-state index in [1.807, 2.05) is 0 Å². The zero-order chi connectivity index (χ0) is 14.7. The first kappa shape index (κ1) is 14.7. The molecule has 1 nitrogen and oxygen atoms in total. The Labute approximate surface area is 118 Å². The Balaban J connectivity index is 2.37. The van der Waals surface area contributed by atoms with Crippen LogP contribution in [-0.4, -0.2) is 6.04 Å². The van der Waals surface area contributed by atoms with E-state index in [9.17, 15) is 8.78 Å². The van der Waals surface area contributed by atoms with Crippen molar-refractivity contribution in [2.75, 3.05) is 0 Å². The average Bonchev–Trinajstić information content (AvgIpc) is 2.36. The molecule has 0 bridgehead atoms. The topological polar surface area (TPSA) is 12.0 Å². The van der Waals surface area contributed by atoms with Gasteiger partial charge in [0, 0.05) is 18.2 Å². The Bertz CT molecular complexity index is 586. The molecule has 0 amide bonds. The summed E-state index contributed by atoms with van der Waals surface area (Å²) in [5, 5.41) is 3.29. The summed E-state index contributed by atoms with van der Waals surface area (Å²) in [6.45, 7) is 6.58. The summed E-state index contributed by atoms with van der Waals surface area (Å²) in [6, 6.07) is 9.92. The molecule has 0 heterocycles. The molecule has 20 heavy (non-hydrogen) atoms. The molecule has 2 aromatic rings. The summed E-state index contributed by atoms with van der Waals surface area (Å²) >= 11 is 0. The number of benzene rings is 2. The standard InChI is InChI=1S/C17H19F2N/c1-11(2)20-10-13-4-5-17(19)16(8-13)14-6-12(3)7-15(18)9-14/h4-9,11,20H,10H2,1-3H3. The third-order valence-electron chi connectivity index (χ3n) is 3.10. The molecule has 2 aromatic carbocycles. The van der Waals surface area contributed by atoms with Crippen LogP contribution < -0.4 is 5.32 Å². The predicted octanol–water partition coefficient (Wildman–Crippen LogP) is 4.44. The summed E-state index contributed by atoms with van der Waals surface area (Å²) in [5.74, 6) is -0.673. The third-order valence-corrected chi connectivity index (χ3v) is 3.10. The van der Waals surface area contributed by atoms with E-state index in [4.69, 9.17) is 0 Å². The SMILES string of the molecule is Cc1cc(F)cc(-c2cc(CNC(C)C)ccc2F)c1. The van der Waals surface area contributed by atoms with Crippen LogP contribution in [0.4, 0.5) is 8.78 Å². The van der Waals surface area contributed by atoms with Crippen LogP contribution in [-0.2, 0) is 6.54 Å². The van der Waals surface area contributed by atoms with Gasteiger partial charge in [-0.25, -0.2) is 8.78 Å². The second-order valence-electron chi connectivity index (χ2n) is 5.37. The van der Waals surface area contributed by atoms with E-state index in [1.54, 1.807) is 25.1 Å². The van der Waals surface area contributed by atoms with Gasteiger partial charge in [-0.05, 0) is 47.9 Å². The summed E-state index contributed by atoms with van der Waals surface area (Å²) < 4.78 is 27.4. The maximum atomic E-state index is 14.0. The molecule has 0 unspecified atom stereocenters. The Morgan fingerprint density at radius 1 is 1.05 bits per heavy atom. The molecular formula is C17H19F2N. The largest absolute Gasteiger partial charge is 0.310 e. The van der Waals surface area contributed by atoms with Gasteiger partial charge in [0.2, 0.25) is 0 Å². The van der Waals surface area contributed by atoms with Gasteiger partial charge in [0.1, 0.15) is 11.6 Å². The molecule has 0 fully saturated rings. The van der Waals surface area contributed by atoms with Gasteiger partial charge < -0.3 is 5.32 Å². The molecule has 0 aliphatic rings. The smallest absolute Gasteiger partial charge is 0.131 e. The van der Waals surface area contributed by atoms with E-state index >= 15 is 0 Å². The monoisotopic (exact) mass is 275 g/mol. The van der Waals surface area contributed by atoms with Crippen molar-refractivity contribution in [1.82, 2.24) is 5.32 Å². The molecule has 0 atom stereocenters. The van der Waals surface area contributed by atoms with Crippen molar-refractivity contribution in [3.05, 3.63) is 59.2 Å². The minimum absolute atomic E-state index is 0.330. The van der Waals surface area contributed by atoms with Crippen LogP contribution in [0.3, 0.4) is 0 Å². The van der Waals surface area contributed by atoms with E-state index in [2.05, 4.69) is 19.2 Å². The molecule has 0 spiro atoms. The van der Waals surface area contributed by atoms with E-state index in [0.29, 0.717) is 23.7 Å². The first-order valence-corrected chi connectivity index (χ1v) is 6.75. The Morgan fingerprint density at radius 3 is 2.45 bits per heavy atom. The first-order valence-electron chi connectivity index (χ1n) is 6.75. The number of nitrogens with one attached hydrogen (secondary N) is 1. The van der Waals surface area contributed by atoms with Crippen molar-refractivity contribution in [2.45, 2.75) is 33.4 Å². The quantitative estimate of drug-likeness (QED) is 0.870. The molecule has 2 rings (SSSR count). The summed E-state index contributed by atoms with van der Waals surface area (Å²) in [4.78, 5) is 0. The van der Waals surface area contributed by atoms with Crippen molar-refractivity contribution in [2.24, 2.45) is 0 Å². The zero-order valence-electron chi connectivity index (χ0n) is 12.0. The predicted molar refractivity (Wildman–Crippen MR) is 78.5 cm³/mol. The van der Waals surface area contributed by atoms with Crippen LogP contribution in [0.15, 0.2) is 36.4 Å². The second kappa shape index (κ2) is 6.14. The maximum Gasteiger partial charge on any atom is 0.131 e. The summed E-state index contributed by atoms with van der Waals surface area (Å²) in [7, 11) is 0. The number of halogens is 2. The van der Waals surface area contributed by atoms with Crippen molar-refractivity contribution in [3.63, 3.8) is 0 Å². The Hall–Kier alpha value is -1.74. The molecule has 1 N–H and O–H groups in total.